The molecular formula is C24H27F3N6O2. The van der Waals surface area contributed by atoms with Gasteiger partial charge in [-0.1, -0.05) is 19.9 Å². The van der Waals surface area contributed by atoms with Crippen LogP contribution in [0.1, 0.15) is 35.7 Å². The number of nitrogens with zero attached hydrogens (tertiary/aromatic N) is 3. The average Bonchev–Trinajstić information content (AvgIpc) is 2.85. The first-order chi connectivity index (χ1) is 16.6. The first kappa shape index (κ1) is 25.7. The van der Waals surface area contributed by atoms with Crippen LogP contribution in [0, 0.1) is 5.92 Å². The molecule has 2 heterocycles. The van der Waals surface area contributed by atoms with Crippen LogP contribution in [0.2, 0.25) is 0 Å². The summed E-state index contributed by atoms with van der Waals surface area (Å²) in [5.74, 6) is 0.410. The molecule has 0 saturated carbocycles. The van der Waals surface area contributed by atoms with E-state index in [9.17, 15) is 18.0 Å². The van der Waals surface area contributed by atoms with Gasteiger partial charge in [0.1, 0.15) is 23.7 Å². The molecule has 1 amide bonds. The van der Waals surface area contributed by atoms with Gasteiger partial charge < -0.3 is 21.1 Å². The molecule has 11 heteroatoms. The maximum atomic E-state index is 12.8. The molecule has 1 aromatic carbocycles. The van der Waals surface area contributed by atoms with E-state index < -0.39 is 18.7 Å². The van der Waals surface area contributed by atoms with Crippen molar-refractivity contribution in [2.45, 2.75) is 25.9 Å². The number of nitrogens with two attached hydrogens (primary N) is 1. The predicted molar refractivity (Wildman–Crippen MR) is 127 cm³/mol. The Bertz CT molecular complexity index is 1150. The number of carbonyl (C=O) groups is 1. The highest BCUT2D eigenvalue weighted by Crippen LogP contribution is 2.34. The second-order valence-corrected chi connectivity index (χ2v) is 8.14. The Morgan fingerprint density at radius 3 is 2.54 bits per heavy atom. The highest BCUT2D eigenvalue weighted by atomic mass is 19.4. The molecule has 0 bridgehead atoms. The standard InChI is InChI=1S/C24H27F3N6O2/c1-14(10-31-22-9-19(32-13-33-22)17-5-7-21(28)30-11-17)15(2)18-6-4-16(23(34)29-3)8-20(18)35-12-24(25,26)27/h4-9,11,13-15H,10,12H2,1-3H3,(H2,28,30)(H,29,34)(H,31,32,33)/t14-,15?/m1/s1. The number of rotatable bonds is 9. The Morgan fingerprint density at radius 1 is 1.11 bits per heavy atom. The summed E-state index contributed by atoms with van der Waals surface area (Å²) in [5, 5.41) is 5.71. The topological polar surface area (TPSA) is 115 Å². The fourth-order valence-corrected chi connectivity index (χ4v) is 3.40. The Kier molecular flexibility index (Phi) is 8.10. The number of amides is 1. The number of carbonyl (C=O) groups excluding carboxylic acids is 1. The van der Waals surface area contributed by atoms with E-state index in [2.05, 4.69) is 25.6 Å². The predicted octanol–water partition coefficient (Wildman–Crippen LogP) is 4.27. The summed E-state index contributed by atoms with van der Waals surface area (Å²) in [5.41, 5.74) is 7.88. The highest BCUT2D eigenvalue weighted by Gasteiger charge is 2.30. The van der Waals surface area contributed by atoms with Gasteiger partial charge in [0, 0.05) is 37.0 Å². The van der Waals surface area contributed by atoms with Crippen LogP contribution in [-0.2, 0) is 0 Å². The second-order valence-electron chi connectivity index (χ2n) is 8.14. The minimum atomic E-state index is -4.50. The van der Waals surface area contributed by atoms with Gasteiger partial charge in [-0.3, -0.25) is 4.79 Å². The Balaban J connectivity index is 1.74. The van der Waals surface area contributed by atoms with Crippen LogP contribution >= 0.6 is 0 Å². The van der Waals surface area contributed by atoms with Crippen molar-refractivity contribution in [1.29, 1.82) is 0 Å². The van der Waals surface area contributed by atoms with Crippen LogP contribution < -0.4 is 21.1 Å². The molecule has 2 aromatic heterocycles. The summed E-state index contributed by atoms with van der Waals surface area (Å²) in [4.78, 5) is 24.5. The van der Waals surface area contributed by atoms with Crippen LogP contribution in [0.25, 0.3) is 11.3 Å². The van der Waals surface area contributed by atoms with Gasteiger partial charge >= 0.3 is 6.18 Å². The summed E-state index contributed by atoms with van der Waals surface area (Å²) >= 11 is 0. The maximum Gasteiger partial charge on any atom is 0.422 e. The van der Waals surface area contributed by atoms with Gasteiger partial charge in [-0.2, -0.15) is 13.2 Å². The molecule has 8 nitrogen and oxygen atoms in total. The molecule has 4 N–H and O–H groups in total. The molecule has 0 aliphatic rings. The van der Waals surface area contributed by atoms with Crippen LogP contribution in [-0.4, -0.2) is 47.2 Å². The first-order valence-corrected chi connectivity index (χ1v) is 10.9. The molecule has 0 aliphatic heterocycles. The van der Waals surface area contributed by atoms with Crippen molar-refractivity contribution in [2.75, 3.05) is 31.2 Å². The number of nitrogen functional groups attached to an aromatic ring is 1. The molecule has 0 radical (unpaired) electrons. The minimum Gasteiger partial charge on any atom is -0.484 e. The van der Waals surface area contributed by atoms with Gasteiger partial charge in [0.25, 0.3) is 5.91 Å². The Hall–Kier alpha value is -3.89. The van der Waals surface area contributed by atoms with Crippen molar-refractivity contribution in [2.24, 2.45) is 5.92 Å². The third-order valence-corrected chi connectivity index (χ3v) is 5.59. The number of alkyl halides is 3. The lowest BCUT2D eigenvalue weighted by Gasteiger charge is -2.24. The smallest absolute Gasteiger partial charge is 0.422 e. The third-order valence-electron chi connectivity index (χ3n) is 5.59. The molecule has 1 unspecified atom stereocenters. The zero-order valence-electron chi connectivity index (χ0n) is 19.6. The lowest BCUT2D eigenvalue weighted by atomic mass is 9.87. The third kappa shape index (κ3) is 7.05. The number of nitrogens with one attached hydrogen (secondary N) is 2. The zero-order chi connectivity index (χ0) is 25.6. The van der Waals surface area contributed by atoms with Gasteiger partial charge in [-0.15, -0.1) is 0 Å². The van der Waals surface area contributed by atoms with Crippen molar-refractivity contribution >= 4 is 17.5 Å². The Morgan fingerprint density at radius 2 is 1.89 bits per heavy atom. The van der Waals surface area contributed by atoms with E-state index >= 15 is 0 Å². The largest absolute Gasteiger partial charge is 0.484 e. The number of hydrogen-bond donors (Lipinski definition) is 3. The Labute approximate surface area is 201 Å². The summed E-state index contributed by atoms with van der Waals surface area (Å²) in [6, 6.07) is 9.82. The quantitative estimate of drug-likeness (QED) is 0.412. The second kappa shape index (κ2) is 11.0. The summed E-state index contributed by atoms with van der Waals surface area (Å²) < 4.78 is 43.5. The number of aromatic nitrogens is 3. The first-order valence-electron chi connectivity index (χ1n) is 10.9. The van der Waals surface area contributed by atoms with Gasteiger partial charge in [0.15, 0.2) is 6.61 Å². The average molecular weight is 489 g/mol. The van der Waals surface area contributed by atoms with Crippen molar-refractivity contribution in [3.05, 3.63) is 60.0 Å². The van der Waals surface area contributed by atoms with Crippen molar-refractivity contribution < 1.29 is 22.7 Å². The SMILES string of the molecule is CNC(=O)c1ccc(C(C)[C@H](C)CNc2cc(-c3ccc(N)nc3)ncn2)c(OCC(F)(F)F)c1. The van der Waals surface area contributed by atoms with E-state index in [1.54, 1.807) is 30.5 Å². The zero-order valence-corrected chi connectivity index (χ0v) is 19.6. The molecule has 0 aliphatic carbocycles. The van der Waals surface area contributed by atoms with Crippen LogP contribution in [0.3, 0.4) is 0 Å². The fraction of sp³-hybridized carbons (Fsp3) is 0.333. The monoisotopic (exact) mass is 488 g/mol. The number of hydrogen-bond acceptors (Lipinski definition) is 7. The van der Waals surface area contributed by atoms with E-state index in [4.69, 9.17) is 10.5 Å². The van der Waals surface area contributed by atoms with Crippen LogP contribution in [0.5, 0.6) is 5.75 Å². The van der Waals surface area contributed by atoms with E-state index in [-0.39, 0.29) is 23.1 Å². The van der Waals surface area contributed by atoms with E-state index in [0.717, 1.165) is 5.56 Å². The van der Waals surface area contributed by atoms with Gasteiger partial charge in [0.2, 0.25) is 0 Å². The lowest BCUT2D eigenvalue weighted by molar-refractivity contribution is -0.153. The van der Waals surface area contributed by atoms with Crippen LogP contribution in [0.15, 0.2) is 48.9 Å². The normalized spacial score (nSPS) is 13.1. The number of anilines is 2. The summed E-state index contributed by atoms with van der Waals surface area (Å²) in [7, 11) is 1.45. The molecule has 3 rings (SSSR count). The molecule has 2 atom stereocenters. The molecule has 3 aromatic rings. The summed E-state index contributed by atoms with van der Waals surface area (Å²) in [6.45, 7) is 2.89. The van der Waals surface area contributed by atoms with Gasteiger partial charge in [-0.25, -0.2) is 15.0 Å². The summed E-state index contributed by atoms with van der Waals surface area (Å²) in [6.07, 6.45) is -1.44. The molecule has 0 spiro atoms. The fourth-order valence-electron chi connectivity index (χ4n) is 3.40. The van der Waals surface area contributed by atoms with E-state index in [1.807, 2.05) is 19.9 Å². The molecule has 0 saturated heterocycles. The van der Waals surface area contributed by atoms with Gasteiger partial charge in [0.05, 0.1) is 5.69 Å². The van der Waals surface area contributed by atoms with Gasteiger partial charge in [-0.05, 0) is 41.7 Å². The molecule has 186 valence electrons. The number of pyridine rings is 1. The van der Waals surface area contributed by atoms with Crippen molar-refractivity contribution in [3.8, 4) is 17.0 Å². The number of benzene rings is 1. The van der Waals surface area contributed by atoms with Crippen molar-refractivity contribution in [1.82, 2.24) is 20.3 Å². The number of halogens is 3. The number of ether oxygens (including phenoxy) is 1. The molecular weight excluding hydrogens is 461 g/mol. The highest BCUT2D eigenvalue weighted by molar-refractivity contribution is 5.94. The minimum absolute atomic E-state index is 0.0225. The van der Waals surface area contributed by atoms with Crippen LogP contribution in [0.4, 0.5) is 24.8 Å². The van der Waals surface area contributed by atoms with E-state index in [0.29, 0.717) is 29.4 Å². The molecule has 35 heavy (non-hydrogen) atoms. The van der Waals surface area contributed by atoms with E-state index in [1.165, 1.54) is 19.4 Å². The maximum absolute atomic E-state index is 12.8. The van der Waals surface area contributed by atoms with Crippen molar-refractivity contribution in [3.63, 3.8) is 0 Å². The lowest BCUT2D eigenvalue weighted by Crippen LogP contribution is -2.23. The molecule has 0 fully saturated rings.